The van der Waals surface area contributed by atoms with Crippen LogP contribution in [0.2, 0.25) is 0 Å². The molecule has 45 heavy (non-hydrogen) atoms. The predicted molar refractivity (Wildman–Crippen MR) is 165 cm³/mol. The van der Waals surface area contributed by atoms with Gasteiger partial charge in [-0.2, -0.15) is 18.3 Å². The Bertz CT molecular complexity index is 1570. The second-order valence-corrected chi connectivity index (χ2v) is 11.7. The smallest absolute Gasteiger partial charge is 0.416 e. The van der Waals surface area contributed by atoms with Crippen LogP contribution in [0.5, 0.6) is 5.75 Å². The summed E-state index contributed by atoms with van der Waals surface area (Å²) in [7, 11) is 0. The number of allylic oxidation sites excluding steroid dienone is 2. The van der Waals surface area contributed by atoms with E-state index in [1.165, 1.54) is 6.07 Å². The molecule has 1 amide bonds. The molecule has 2 aromatic carbocycles. The van der Waals surface area contributed by atoms with Crippen LogP contribution in [-0.4, -0.2) is 53.5 Å². The van der Waals surface area contributed by atoms with Crippen LogP contribution in [0.15, 0.2) is 72.3 Å². The van der Waals surface area contributed by atoms with Gasteiger partial charge >= 0.3 is 12.3 Å². The number of nitrogens with zero attached hydrogens (tertiary/aromatic N) is 3. The Morgan fingerprint density at radius 3 is 2.60 bits per heavy atom. The summed E-state index contributed by atoms with van der Waals surface area (Å²) >= 11 is 0. The van der Waals surface area contributed by atoms with Crippen LogP contribution in [0.1, 0.15) is 53.6 Å². The van der Waals surface area contributed by atoms with Crippen molar-refractivity contribution in [1.29, 1.82) is 0 Å². The van der Waals surface area contributed by atoms with Gasteiger partial charge in [-0.15, -0.1) is 5.10 Å². The van der Waals surface area contributed by atoms with E-state index in [0.717, 1.165) is 78.6 Å². The predicted octanol–water partition coefficient (Wildman–Crippen LogP) is 6.85. The lowest BCUT2D eigenvalue weighted by atomic mass is 9.86. The summed E-state index contributed by atoms with van der Waals surface area (Å²) in [4.78, 5) is 14.9. The van der Waals surface area contributed by atoms with E-state index in [1.807, 2.05) is 36.4 Å². The highest BCUT2D eigenvalue weighted by atomic mass is 19.4. The number of hydrogen-bond donors (Lipinski definition) is 1. The van der Waals surface area contributed by atoms with Crippen LogP contribution in [0.4, 0.5) is 18.0 Å². The average molecular weight is 619 g/mol. The first-order valence-electron chi connectivity index (χ1n) is 15.6. The van der Waals surface area contributed by atoms with E-state index in [0.29, 0.717) is 37.3 Å². The molecule has 0 radical (unpaired) electrons. The van der Waals surface area contributed by atoms with Crippen molar-refractivity contribution in [3.63, 3.8) is 0 Å². The van der Waals surface area contributed by atoms with Crippen LogP contribution in [-0.2, 0) is 36.8 Å². The molecule has 1 aromatic heterocycles. The van der Waals surface area contributed by atoms with E-state index in [-0.39, 0.29) is 31.1 Å². The maximum Gasteiger partial charge on any atom is 0.416 e. The fourth-order valence-electron chi connectivity index (χ4n) is 6.26. The molecule has 10 heteroatoms. The Morgan fingerprint density at radius 1 is 1.00 bits per heavy atom. The molecule has 1 N–H and O–H groups in total. The molecule has 0 bridgehead atoms. The van der Waals surface area contributed by atoms with Crippen LogP contribution < -0.4 is 10.1 Å². The fourth-order valence-corrected chi connectivity index (χ4v) is 6.26. The molecular weight excluding hydrogens is 581 g/mol. The highest BCUT2D eigenvalue weighted by Gasteiger charge is 2.33. The number of hydrogen-bond acceptors (Lipinski definition) is 6. The Morgan fingerprint density at radius 2 is 1.82 bits per heavy atom. The molecule has 2 aliphatic carbocycles. The molecule has 7 nitrogen and oxygen atoms in total. The van der Waals surface area contributed by atoms with Crippen molar-refractivity contribution in [1.82, 2.24) is 20.4 Å². The summed E-state index contributed by atoms with van der Waals surface area (Å²) < 4.78 is 52.9. The molecule has 1 atom stereocenters. The number of carbonyl (C=O) groups excluding carboxylic acids is 1. The molecule has 1 saturated heterocycles. The largest absolute Gasteiger partial charge is 0.488 e. The zero-order valence-corrected chi connectivity index (χ0v) is 25.1. The molecule has 2 heterocycles. The second-order valence-electron chi connectivity index (χ2n) is 11.7. The van der Waals surface area contributed by atoms with Crippen molar-refractivity contribution in [2.45, 2.75) is 63.8 Å². The van der Waals surface area contributed by atoms with Gasteiger partial charge in [-0.25, -0.2) is 4.79 Å². The molecule has 3 aliphatic rings. The summed E-state index contributed by atoms with van der Waals surface area (Å²) in [6.07, 6.45) is 7.25. The number of piperazine rings is 1. The molecule has 6 rings (SSSR count). The van der Waals surface area contributed by atoms with E-state index < -0.39 is 11.7 Å². The molecule has 236 valence electrons. The van der Waals surface area contributed by atoms with Crippen LogP contribution in [0.3, 0.4) is 0 Å². The van der Waals surface area contributed by atoms with Crippen molar-refractivity contribution >= 4 is 6.09 Å². The lowest BCUT2D eigenvalue weighted by Gasteiger charge is -2.36. The van der Waals surface area contributed by atoms with E-state index in [1.54, 1.807) is 4.90 Å². The van der Waals surface area contributed by atoms with Crippen molar-refractivity contribution in [2.75, 3.05) is 26.2 Å². The Hall–Kier alpha value is -4.18. The Kier molecular flexibility index (Phi) is 9.49. The first-order valence-corrected chi connectivity index (χ1v) is 15.6. The minimum atomic E-state index is -4.51. The van der Waals surface area contributed by atoms with Gasteiger partial charge in [0.1, 0.15) is 24.7 Å². The minimum absolute atomic E-state index is 0.122. The number of rotatable bonds is 8. The van der Waals surface area contributed by atoms with Crippen LogP contribution in [0, 0.1) is 0 Å². The maximum atomic E-state index is 13.7. The number of nitrogens with one attached hydrogen (secondary N) is 1. The number of alkyl halides is 3. The van der Waals surface area contributed by atoms with Gasteiger partial charge in [-0.3, -0.25) is 0 Å². The summed E-state index contributed by atoms with van der Waals surface area (Å²) in [6.45, 7) is 2.18. The summed E-state index contributed by atoms with van der Waals surface area (Å²) in [6, 6.07) is 12.7. The van der Waals surface area contributed by atoms with Gasteiger partial charge in [0.25, 0.3) is 0 Å². The number of amides is 1. The zero-order valence-electron chi connectivity index (χ0n) is 25.1. The molecule has 0 saturated carbocycles. The topological polar surface area (TPSA) is 76.6 Å². The van der Waals surface area contributed by atoms with Gasteiger partial charge in [0.2, 0.25) is 0 Å². The Balaban J connectivity index is 1.27. The zero-order chi connectivity index (χ0) is 31.2. The quantitative estimate of drug-likeness (QED) is 0.298. The molecule has 1 unspecified atom stereocenters. The van der Waals surface area contributed by atoms with E-state index >= 15 is 0 Å². The van der Waals surface area contributed by atoms with E-state index in [9.17, 15) is 18.0 Å². The third-order valence-electron chi connectivity index (χ3n) is 8.62. The van der Waals surface area contributed by atoms with E-state index in [2.05, 4.69) is 27.7 Å². The molecule has 1 fully saturated rings. The number of aromatic nitrogens is 2. The van der Waals surface area contributed by atoms with Crippen molar-refractivity contribution in [3.8, 4) is 17.0 Å². The van der Waals surface area contributed by atoms with Gasteiger partial charge in [0.15, 0.2) is 0 Å². The number of carbonyl (C=O) groups is 1. The molecule has 0 spiro atoms. The summed E-state index contributed by atoms with van der Waals surface area (Å²) in [5, 5.41) is 12.7. The number of ether oxygens (including phenoxy) is 2. The highest BCUT2D eigenvalue weighted by molar-refractivity contribution is 5.72. The van der Waals surface area contributed by atoms with Gasteiger partial charge in [0, 0.05) is 31.6 Å². The normalized spacial score (nSPS) is 18.2. The van der Waals surface area contributed by atoms with Crippen molar-refractivity contribution in [3.05, 3.63) is 100 Å². The SMILES string of the molecule is O=C(OCC1=CCCC=C1)N1CCNCC1Cc1nnc(-c2ccc(C(F)(F)F)cc2OCc2ccccc2)c2c1CCCC2. The second kappa shape index (κ2) is 13.9. The van der Waals surface area contributed by atoms with Crippen molar-refractivity contribution in [2.24, 2.45) is 0 Å². The number of halogens is 3. The first-order chi connectivity index (χ1) is 21.9. The highest BCUT2D eigenvalue weighted by Crippen LogP contribution is 2.40. The standard InChI is InChI=1S/C35H37F3N4O3/c36-35(37,38)26-15-16-30(32(19-26)44-22-24-9-3-1-4-10-24)33-29-14-8-7-13-28(29)31(40-41-33)20-27-21-39-17-18-42(27)34(43)45-23-25-11-5-2-6-12-25/h1,3-5,9-12,15-16,19,27,39H,2,6-8,13-14,17-18,20-23H2. The van der Waals surface area contributed by atoms with E-state index in [4.69, 9.17) is 9.47 Å². The van der Waals surface area contributed by atoms with Crippen LogP contribution >= 0.6 is 0 Å². The maximum absolute atomic E-state index is 13.7. The molecular formula is C35H37F3N4O3. The summed E-state index contributed by atoms with van der Waals surface area (Å²) in [5.41, 5.74) is 4.99. The fraction of sp³-hybridized carbons (Fsp3) is 0.400. The van der Waals surface area contributed by atoms with Crippen LogP contribution in [0.25, 0.3) is 11.3 Å². The lowest BCUT2D eigenvalue weighted by Crippen LogP contribution is -2.54. The van der Waals surface area contributed by atoms with Gasteiger partial charge < -0.3 is 19.7 Å². The minimum Gasteiger partial charge on any atom is -0.488 e. The molecule has 1 aliphatic heterocycles. The third-order valence-corrected chi connectivity index (χ3v) is 8.62. The average Bonchev–Trinajstić information content (AvgIpc) is 3.07. The van der Waals surface area contributed by atoms with Gasteiger partial charge in [-0.05, 0) is 79.0 Å². The van der Waals surface area contributed by atoms with Gasteiger partial charge in [-0.1, -0.05) is 48.6 Å². The monoisotopic (exact) mass is 618 g/mol. The lowest BCUT2D eigenvalue weighted by molar-refractivity contribution is -0.137. The first kappa shape index (κ1) is 30.8. The number of fused-ring (bicyclic) bond motifs is 1. The Labute approximate surface area is 261 Å². The van der Waals surface area contributed by atoms with Gasteiger partial charge in [0.05, 0.1) is 17.3 Å². The van der Waals surface area contributed by atoms with Crippen molar-refractivity contribution < 1.29 is 27.4 Å². The number of benzene rings is 2. The third kappa shape index (κ3) is 7.39. The molecule has 3 aromatic rings. The summed E-state index contributed by atoms with van der Waals surface area (Å²) in [5.74, 6) is 0.122.